The van der Waals surface area contributed by atoms with Crippen LogP contribution in [0, 0.1) is 11.6 Å². The summed E-state index contributed by atoms with van der Waals surface area (Å²) in [6, 6.07) is 8.89. The fourth-order valence-electron chi connectivity index (χ4n) is 3.67. The van der Waals surface area contributed by atoms with Gasteiger partial charge in [-0.3, -0.25) is 9.20 Å². The summed E-state index contributed by atoms with van der Waals surface area (Å²) in [7, 11) is 0. The molecule has 1 aliphatic heterocycles. The molecule has 160 valence electrons. The van der Waals surface area contributed by atoms with Crippen LogP contribution in [-0.2, 0) is 10.5 Å². The van der Waals surface area contributed by atoms with Crippen LogP contribution in [0.1, 0.15) is 37.1 Å². The highest BCUT2D eigenvalue weighted by Crippen LogP contribution is 2.28. The van der Waals surface area contributed by atoms with Crippen molar-refractivity contribution in [2.75, 3.05) is 0 Å². The van der Waals surface area contributed by atoms with Crippen molar-refractivity contribution in [1.29, 1.82) is 0 Å². The molecular formula is C22H22F2N6O. The largest absolute Gasteiger partial charge is 0.366 e. The lowest BCUT2D eigenvalue weighted by Crippen LogP contribution is -2.55. The molecule has 0 aliphatic carbocycles. The highest BCUT2D eigenvalue weighted by Gasteiger charge is 2.43. The molecule has 31 heavy (non-hydrogen) atoms. The van der Waals surface area contributed by atoms with Crippen molar-refractivity contribution in [2.45, 2.75) is 31.5 Å². The molecule has 9 heteroatoms. The number of nitrogens with two attached hydrogens (primary N) is 1. The molecule has 1 aliphatic rings. The van der Waals surface area contributed by atoms with Gasteiger partial charge in [0.25, 0.3) is 11.6 Å². The zero-order valence-electron chi connectivity index (χ0n) is 16.8. The molecule has 4 N–H and O–H groups in total. The molecule has 0 fully saturated rings. The number of primary amides is 1. The number of aromatic nitrogens is 2. The van der Waals surface area contributed by atoms with E-state index in [1.807, 2.05) is 6.92 Å². The first-order valence-corrected chi connectivity index (χ1v) is 9.91. The van der Waals surface area contributed by atoms with Crippen LogP contribution in [0.3, 0.4) is 0 Å². The number of allylic oxidation sites excluding steroid dienone is 1. The van der Waals surface area contributed by atoms with Crippen molar-refractivity contribution in [2.24, 2.45) is 10.7 Å². The Bertz CT molecular complexity index is 1170. The number of carbonyl (C=O) groups is 1. The van der Waals surface area contributed by atoms with E-state index < -0.39 is 17.4 Å². The summed E-state index contributed by atoms with van der Waals surface area (Å²) in [5.41, 5.74) is 5.71. The van der Waals surface area contributed by atoms with Crippen molar-refractivity contribution in [1.82, 2.24) is 20.0 Å². The molecule has 2 aromatic heterocycles. The number of rotatable bonds is 7. The average molecular weight is 424 g/mol. The first kappa shape index (κ1) is 20.5. The lowest BCUT2D eigenvalue weighted by atomic mass is 10.0. The number of hydrogen-bond acceptors (Lipinski definition) is 5. The molecular weight excluding hydrogens is 402 g/mol. The van der Waals surface area contributed by atoms with Gasteiger partial charge in [0.1, 0.15) is 28.8 Å². The van der Waals surface area contributed by atoms with E-state index in [9.17, 15) is 13.6 Å². The summed E-state index contributed by atoms with van der Waals surface area (Å²) >= 11 is 0. The number of imidazole rings is 1. The predicted octanol–water partition coefficient (Wildman–Crippen LogP) is 2.90. The Morgan fingerprint density at radius 1 is 1.23 bits per heavy atom. The molecule has 2 atom stereocenters. The summed E-state index contributed by atoms with van der Waals surface area (Å²) in [4.78, 5) is 21.1. The number of carbonyl (C=O) groups excluding carboxylic acids is 1. The van der Waals surface area contributed by atoms with Gasteiger partial charge in [0.15, 0.2) is 0 Å². The molecule has 7 nitrogen and oxygen atoms in total. The van der Waals surface area contributed by atoms with Crippen molar-refractivity contribution in [3.63, 3.8) is 0 Å². The van der Waals surface area contributed by atoms with E-state index in [0.29, 0.717) is 11.5 Å². The maximum absolute atomic E-state index is 13.9. The third-order valence-electron chi connectivity index (χ3n) is 5.20. The molecule has 1 aromatic carbocycles. The number of hydrogen-bond donors (Lipinski definition) is 3. The van der Waals surface area contributed by atoms with Gasteiger partial charge in [-0.25, -0.2) is 18.8 Å². The van der Waals surface area contributed by atoms with Crippen LogP contribution < -0.4 is 16.4 Å². The molecule has 3 aromatic rings. The third kappa shape index (κ3) is 3.86. The molecule has 0 spiro atoms. The number of fused-ring (bicyclic) bond motifs is 1. The van der Waals surface area contributed by atoms with Crippen LogP contribution in [-0.4, -0.2) is 21.5 Å². The molecule has 3 heterocycles. The highest BCUT2D eigenvalue weighted by molar-refractivity contribution is 5.90. The van der Waals surface area contributed by atoms with Crippen LogP contribution in [0.5, 0.6) is 0 Å². The summed E-state index contributed by atoms with van der Waals surface area (Å²) in [6.07, 6.45) is 7.46. The van der Waals surface area contributed by atoms with Gasteiger partial charge in [-0.1, -0.05) is 25.5 Å². The summed E-state index contributed by atoms with van der Waals surface area (Å²) in [6.45, 7) is 2.04. The summed E-state index contributed by atoms with van der Waals surface area (Å²) in [5.74, 6) is -1.06. The standard InChI is InChI=1S/C22H22F2N6O/c1-2-3-17(14-4-6-15(23)7-5-14)28-19-10-11-27-22(29-19,21(25)31)18-12-26-20-9-8-16(24)13-30(18)20/h4-13,17,28-29H,2-3H2,1H3,(H2,25,31)/t17?,22-/m0/s1. The smallest absolute Gasteiger partial charge is 0.272 e. The number of nitrogens with one attached hydrogen (secondary N) is 2. The zero-order valence-corrected chi connectivity index (χ0v) is 16.8. The number of benzene rings is 1. The minimum absolute atomic E-state index is 0.138. The van der Waals surface area contributed by atoms with Crippen LogP contribution >= 0.6 is 0 Å². The van der Waals surface area contributed by atoms with Crippen LogP contribution in [0.25, 0.3) is 5.65 Å². The second kappa shape index (κ2) is 8.17. The minimum Gasteiger partial charge on any atom is -0.366 e. The number of aliphatic imine (C=N–C) groups is 1. The number of pyridine rings is 1. The van der Waals surface area contributed by atoms with E-state index in [1.54, 1.807) is 18.2 Å². The van der Waals surface area contributed by atoms with Gasteiger partial charge < -0.3 is 16.4 Å². The fourth-order valence-corrected chi connectivity index (χ4v) is 3.67. The van der Waals surface area contributed by atoms with Gasteiger partial charge in [0.2, 0.25) is 0 Å². The van der Waals surface area contributed by atoms with Gasteiger partial charge in [-0.15, -0.1) is 0 Å². The Morgan fingerprint density at radius 3 is 2.68 bits per heavy atom. The summed E-state index contributed by atoms with van der Waals surface area (Å²) in [5, 5.41) is 6.42. The molecule has 0 saturated carbocycles. The Kier molecular flexibility index (Phi) is 5.41. The Labute approximate surface area is 177 Å². The Morgan fingerprint density at radius 2 is 1.97 bits per heavy atom. The average Bonchev–Trinajstić information content (AvgIpc) is 3.17. The molecule has 1 unspecified atom stereocenters. The fraction of sp³-hybridized carbons (Fsp3) is 0.227. The van der Waals surface area contributed by atoms with Crippen LogP contribution in [0.15, 0.2) is 65.7 Å². The lowest BCUT2D eigenvalue weighted by molar-refractivity contribution is -0.124. The number of nitrogens with zero attached hydrogens (tertiary/aromatic N) is 3. The Hall–Kier alpha value is -3.75. The van der Waals surface area contributed by atoms with E-state index in [-0.39, 0.29) is 17.6 Å². The second-order valence-corrected chi connectivity index (χ2v) is 7.31. The second-order valence-electron chi connectivity index (χ2n) is 7.31. The first-order valence-electron chi connectivity index (χ1n) is 9.91. The van der Waals surface area contributed by atoms with Crippen molar-refractivity contribution in [3.8, 4) is 0 Å². The molecule has 1 amide bonds. The van der Waals surface area contributed by atoms with E-state index in [2.05, 4.69) is 20.6 Å². The molecule has 0 bridgehead atoms. The van der Waals surface area contributed by atoms with Gasteiger partial charge in [-0.2, -0.15) is 0 Å². The van der Waals surface area contributed by atoms with Crippen molar-refractivity contribution in [3.05, 3.63) is 83.6 Å². The minimum atomic E-state index is -1.68. The van der Waals surface area contributed by atoms with E-state index >= 15 is 0 Å². The molecule has 0 saturated heterocycles. The van der Waals surface area contributed by atoms with Gasteiger partial charge in [0.05, 0.1) is 12.2 Å². The third-order valence-corrected chi connectivity index (χ3v) is 5.20. The number of halogens is 2. The lowest BCUT2D eigenvalue weighted by Gasteiger charge is -2.33. The maximum atomic E-state index is 13.9. The van der Waals surface area contributed by atoms with E-state index in [1.165, 1.54) is 47.3 Å². The normalized spacial score (nSPS) is 19.0. The van der Waals surface area contributed by atoms with Crippen molar-refractivity contribution >= 4 is 17.8 Å². The highest BCUT2D eigenvalue weighted by atomic mass is 19.1. The van der Waals surface area contributed by atoms with E-state index in [0.717, 1.165) is 18.4 Å². The number of amides is 1. The molecule has 0 radical (unpaired) electrons. The molecule has 4 rings (SSSR count). The SMILES string of the molecule is CCCC(NC1=CC=N[C@@](C(N)=O)(c2cnc3ccc(F)cn23)N1)c1ccc(F)cc1. The van der Waals surface area contributed by atoms with Crippen LogP contribution in [0.2, 0.25) is 0 Å². The monoisotopic (exact) mass is 424 g/mol. The quantitative estimate of drug-likeness (QED) is 0.543. The van der Waals surface area contributed by atoms with Crippen LogP contribution in [0.4, 0.5) is 8.78 Å². The topological polar surface area (TPSA) is 96.8 Å². The van der Waals surface area contributed by atoms with Gasteiger partial charge in [-0.05, 0) is 42.3 Å². The van der Waals surface area contributed by atoms with Gasteiger partial charge in [0, 0.05) is 12.4 Å². The first-order chi connectivity index (χ1) is 14.9. The zero-order chi connectivity index (χ0) is 22.0. The Balaban J connectivity index is 1.68. The predicted molar refractivity (Wildman–Crippen MR) is 113 cm³/mol. The van der Waals surface area contributed by atoms with Gasteiger partial charge >= 0.3 is 0 Å². The maximum Gasteiger partial charge on any atom is 0.272 e. The van der Waals surface area contributed by atoms with Crippen molar-refractivity contribution < 1.29 is 13.6 Å². The van der Waals surface area contributed by atoms with E-state index in [4.69, 9.17) is 5.73 Å². The summed E-state index contributed by atoms with van der Waals surface area (Å²) < 4.78 is 28.7.